The van der Waals surface area contributed by atoms with Crippen LogP contribution in [0.4, 0.5) is 10.2 Å². The van der Waals surface area contributed by atoms with E-state index in [0.717, 1.165) is 6.08 Å². The highest BCUT2D eigenvalue weighted by atomic mass is 19.1. The Morgan fingerprint density at radius 3 is 2.78 bits per heavy atom. The number of carbonyl (C=O) groups excluding carboxylic acids is 2. The lowest BCUT2D eigenvalue weighted by molar-refractivity contribution is -0.148. The molecule has 0 bridgehead atoms. The molecule has 1 N–H and O–H groups in total. The molecule has 23 heavy (non-hydrogen) atoms. The number of aromatic nitrogens is 1. The Hall–Kier alpha value is -2.96. The van der Waals surface area contributed by atoms with Gasteiger partial charge in [0.15, 0.2) is 11.9 Å². The highest BCUT2D eigenvalue weighted by Gasteiger charge is 2.18. The van der Waals surface area contributed by atoms with E-state index >= 15 is 0 Å². The second-order valence-electron chi connectivity index (χ2n) is 4.75. The summed E-state index contributed by atoms with van der Waals surface area (Å²) >= 11 is 0. The number of nitrogens with one attached hydrogen (secondary N) is 1. The summed E-state index contributed by atoms with van der Waals surface area (Å²) < 4.78 is 23.1. The maximum Gasteiger partial charge on any atom is 0.331 e. The molecule has 0 saturated heterocycles. The van der Waals surface area contributed by atoms with Gasteiger partial charge in [-0.1, -0.05) is 23.4 Å². The molecule has 0 saturated carbocycles. The molecule has 0 unspecified atom stereocenters. The van der Waals surface area contributed by atoms with Crippen LogP contribution in [-0.2, 0) is 14.3 Å². The summed E-state index contributed by atoms with van der Waals surface area (Å²) in [6.45, 7) is 3.09. The number of esters is 1. The molecule has 2 rings (SSSR count). The molecule has 6 nitrogen and oxygen atoms in total. The Morgan fingerprint density at radius 1 is 1.39 bits per heavy atom. The van der Waals surface area contributed by atoms with Gasteiger partial charge in [-0.2, -0.15) is 0 Å². The van der Waals surface area contributed by atoms with Crippen molar-refractivity contribution in [3.8, 4) is 0 Å². The van der Waals surface area contributed by atoms with Crippen LogP contribution in [0.3, 0.4) is 0 Å². The number of aryl methyl sites for hydroxylation is 1. The number of nitrogens with zero attached hydrogens (tertiary/aromatic N) is 1. The lowest BCUT2D eigenvalue weighted by Gasteiger charge is -2.10. The molecular formula is C16H15FN2O4. The molecule has 1 aromatic carbocycles. The first-order valence-corrected chi connectivity index (χ1v) is 6.83. The van der Waals surface area contributed by atoms with Crippen LogP contribution >= 0.6 is 0 Å². The van der Waals surface area contributed by atoms with Crippen LogP contribution in [-0.4, -0.2) is 23.1 Å². The van der Waals surface area contributed by atoms with Crippen molar-refractivity contribution < 1.29 is 23.2 Å². The highest BCUT2D eigenvalue weighted by molar-refractivity contribution is 5.96. The lowest BCUT2D eigenvalue weighted by atomic mass is 10.2. The van der Waals surface area contributed by atoms with Crippen molar-refractivity contribution in [3.63, 3.8) is 0 Å². The van der Waals surface area contributed by atoms with E-state index in [1.165, 1.54) is 31.2 Å². The molecule has 0 spiro atoms. The monoisotopic (exact) mass is 318 g/mol. The predicted molar refractivity (Wildman–Crippen MR) is 80.9 cm³/mol. The zero-order valence-electron chi connectivity index (χ0n) is 12.6. The van der Waals surface area contributed by atoms with E-state index in [2.05, 4.69) is 10.5 Å². The van der Waals surface area contributed by atoms with Crippen LogP contribution in [0.2, 0.25) is 0 Å². The molecule has 0 aliphatic heterocycles. The molecule has 0 radical (unpaired) electrons. The number of carbonyl (C=O) groups is 2. The minimum atomic E-state index is -1.04. The second kappa shape index (κ2) is 7.35. The number of rotatable bonds is 5. The lowest BCUT2D eigenvalue weighted by Crippen LogP contribution is -2.29. The topological polar surface area (TPSA) is 81.4 Å². The van der Waals surface area contributed by atoms with Crippen molar-refractivity contribution in [1.82, 2.24) is 5.16 Å². The fraction of sp³-hybridized carbons (Fsp3) is 0.188. The van der Waals surface area contributed by atoms with E-state index in [1.54, 1.807) is 19.1 Å². The van der Waals surface area contributed by atoms with E-state index in [-0.39, 0.29) is 11.4 Å². The van der Waals surface area contributed by atoms with Gasteiger partial charge in [-0.15, -0.1) is 0 Å². The predicted octanol–water partition coefficient (Wildman–Crippen LogP) is 2.71. The highest BCUT2D eigenvalue weighted by Crippen LogP contribution is 2.10. The van der Waals surface area contributed by atoms with Gasteiger partial charge in [-0.05, 0) is 26.0 Å². The molecule has 2 aromatic rings. The van der Waals surface area contributed by atoms with E-state index in [0.29, 0.717) is 5.76 Å². The summed E-state index contributed by atoms with van der Waals surface area (Å²) in [5.74, 6) is -0.989. The quantitative estimate of drug-likeness (QED) is 0.677. The molecule has 0 aliphatic carbocycles. The van der Waals surface area contributed by atoms with E-state index in [1.807, 2.05) is 0 Å². The average molecular weight is 318 g/mol. The van der Waals surface area contributed by atoms with Crippen molar-refractivity contribution in [2.75, 3.05) is 5.32 Å². The maximum atomic E-state index is 13.4. The van der Waals surface area contributed by atoms with Crippen LogP contribution in [0.25, 0.3) is 6.08 Å². The van der Waals surface area contributed by atoms with Crippen LogP contribution in [0.5, 0.6) is 0 Å². The molecule has 1 atom stereocenters. The van der Waals surface area contributed by atoms with E-state index in [9.17, 15) is 14.0 Å². The van der Waals surface area contributed by atoms with Crippen molar-refractivity contribution in [2.24, 2.45) is 0 Å². The molecule has 1 amide bonds. The van der Waals surface area contributed by atoms with Gasteiger partial charge in [0.1, 0.15) is 11.6 Å². The Morgan fingerprint density at radius 2 is 2.13 bits per heavy atom. The third-order valence-corrected chi connectivity index (χ3v) is 2.85. The van der Waals surface area contributed by atoms with Gasteiger partial charge < -0.3 is 14.6 Å². The summed E-state index contributed by atoms with van der Waals surface area (Å²) in [7, 11) is 0. The number of ether oxygens (including phenoxy) is 1. The Labute approximate surface area is 131 Å². The fourth-order valence-corrected chi connectivity index (χ4v) is 1.69. The summed E-state index contributed by atoms with van der Waals surface area (Å²) in [4.78, 5) is 23.5. The molecule has 1 heterocycles. The Balaban J connectivity index is 1.89. The zero-order valence-corrected chi connectivity index (χ0v) is 12.6. The van der Waals surface area contributed by atoms with Crippen molar-refractivity contribution in [1.29, 1.82) is 0 Å². The van der Waals surface area contributed by atoms with Crippen LogP contribution < -0.4 is 5.32 Å². The average Bonchev–Trinajstić information content (AvgIpc) is 2.91. The Kier molecular flexibility index (Phi) is 5.24. The molecule has 0 fully saturated rings. The summed E-state index contributed by atoms with van der Waals surface area (Å²) in [5, 5.41) is 6.05. The number of halogens is 1. The number of hydrogen-bond acceptors (Lipinski definition) is 5. The van der Waals surface area contributed by atoms with Crippen molar-refractivity contribution in [2.45, 2.75) is 20.0 Å². The van der Waals surface area contributed by atoms with Gasteiger partial charge in [-0.3, -0.25) is 4.79 Å². The van der Waals surface area contributed by atoms with Crippen LogP contribution in [0, 0.1) is 12.7 Å². The van der Waals surface area contributed by atoms with Crippen LogP contribution in [0.15, 0.2) is 40.9 Å². The number of hydrogen-bond donors (Lipinski definition) is 1. The molecule has 0 aliphatic rings. The standard InChI is InChI=1S/C16H15FN2O4/c1-10-9-14(19-23-10)18-16(21)11(2)22-15(20)8-7-12-5-3-4-6-13(12)17/h3-9,11H,1-2H3,(H,18,19,21)/b8-7+/t11-/m1/s1. The first kappa shape index (κ1) is 16.4. The van der Waals surface area contributed by atoms with Gasteiger partial charge in [0, 0.05) is 17.7 Å². The summed E-state index contributed by atoms with van der Waals surface area (Å²) in [6.07, 6.45) is 1.30. The van der Waals surface area contributed by atoms with Gasteiger partial charge in [-0.25, -0.2) is 9.18 Å². The SMILES string of the molecule is Cc1cc(NC(=O)[C@@H](C)OC(=O)/C=C/c2ccccc2F)no1. The van der Waals surface area contributed by atoms with Crippen molar-refractivity contribution >= 4 is 23.8 Å². The van der Waals surface area contributed by atoms with Gasteiger partial charge in [0.25, 0.3) is 5.91 Å². The number of amides is 1. The van der Waals surface area contributed by atoms with E-state index in [4.69, 9.17) is 9.26 Å². The van der Waals surface area contributed by atoms with Gasteiger partial charge >= 0.3 is 5.97 Å². The molecule has 120 valence electrons. The zero-order chi connectivity index (χ0) is 16.8. The molecule has 7 heteroatoms. The first-order valence-electron chi connectivity index (χ1n) is 6.83. The number of anilines is 1. The molecule has 1 aromatic heterocycles. The minimum Gasteiger partial charge on any atom is -0.449 e. The van der Waals surface area contributed by atoms with Gasteiger partial charge in [0.2, 0.25) is 0 Å². The van der Waals surface area contributed by atoms with E-state index < -0.39 is 23.8 Å². The summed E-state index contributed by atoms with van der Waals surface area (Å²) in [5.41, 5.74) is 0.250. The normalized spacial score (nSPS) is 12.1. The van der Waals surface area contributed by atoms with Crippen molar-refractivity contribution in [3.05, 3.63) is 53.5 Å². The first-order chi connectivity index (χ1) is 11.0. The summed E-state index contributed by atoms with van der Waals surface area (Å²) in [6, 6.07) is 7.51. The fourth-order valence-electron chi connectivity index (χ4n) is 1.69. The maximum absolute atomic E-state index is 13.4. The minimum absolute atomic E-state index is 0.234. The third-order valence-electron chi connectivity index (χ3n) is 2.85. The Bertz CT molecular complexity index is 739. The van der Waals surface area contributed by atoms with Gasteiger partial charge in [0.05, 0.1) is 0 Å². The largest absolute Gasteiger partial charge is 0.449 e. The number of benzene rings is 1. The molecular weight excluding hydrogens is 303 g/mol. The van der Waals surface area contributed by atoms with Crippen LogP contribution in [0.1, 0.15) is 18.2 Å². The third kappa shape index (κ3) is 4.77. The smallest absolute Gasteiger partial charge is 0.331 e. The second-order valence-corrected chi connectivity index (χ2v) is 4.75.